The highest BCUT2D eigenvalue weighted by molar-refractivity contribution is 5.89. The molecule has 0 aliphatic heterocycles. The molecule has 5 nitrogen and oxygen atoms in total. The second-order valence-corrected chi connectivity index (χ2v) is 3.49. The molecule has 1 aromatic rings. The van der Waals surface area contributed by atoms with E-state index in [9.17, 15) is 4.79 Å². The van der Waals surface area contributed by atoms with Crippen LogP contribution in [0.4, 0.5) is 0 Å². The summed E-state index contributed by atoms with van der Waals surface area (Å²) < 4.78 is 15.3. The summed E-state index contributed by atoms with van der Waals surface area (Å²) in [4.78, 5) is 11.5. The van der Waals surface area contributed by atoms with Crippen molar-refractivity contribution in [3.8, 4) is 5.75 Å². The van der Waals surface area contributed by atoms with E-state index >= 15 is 0 Å². The maximum atomic E-state index is 11.5. The van der Waals surface area contributed by atoms with Gasteiger partial charge in [0.2, 0.25) is 0 Å². The topological polar surface area (TPSA) is 65.0 Å². The van der Waals surface area contributed by atoms with Gasteiger partial charge in [-0.25, -0.2) is 4.79 Å². The van der Waals surface area contributed by atoms with Crippen molar-refractivity contribution >= 4 is 5.97 Å². The third kappa shape index (κ3) is 5.65. The van der Waals surface area contributed by atoms with Gasteiger partial charge >= 0.3 is 5.97 Å². The van der Waals surface area contributed by atoms with Gasteiger partial charge in [-0.3, -0.25) is 0 Å². The predicted molar refractivity (Wildman–Crippen MR) is 65.7 cm³/mol. The molecule has 1 rings (SSSR count). The second-order valence-electron chi connectivity index (χ2n) is 3.49. The average molecular weight is 254 g/mol. The Morgan fingerprint density at radius 3 is 2.33 bits per heavy atom. The Morgan fingerprint density at radius 1 is 1.06 bits per heavy atom. The van der Waals surface area contributed by atoms with E-state index < -0.39 is 5.97 Å². The van der Waals surface area contributed by atoms with Crippen molar-refractivity contribution in [1.82, 2.24) is 0 Å². The molecule has 0 aromatic heterocycles. The van der Waals surface area contributed by atoms with Gasteiger partial charge in [-0.05, 0) is 31.2 Å². The Labute approximate surface area is 106 Å². The molecule has 0 atom stereocenters. The number of hydrogen-bond acceptors (Lipinski definition) is 5. The van der Waals surface area contributed by atoms with Gasteiger partial charge in [-0.2, -0.15) is 0 Å². The van der Waals surface area contributed by atoms with Crippen LogP contribution in [0, 0.1) is 0 Å². The average Bonchev–Trinajstić information content (AvgIpc) is 2.38. The quantitative estimate of drug-likeness (QED) is 0.564. The molecule has 0 amide bonds. The Balaban J connectivity index is 2.12. The molecule has 0 aliphatic rings. The van der Waals surface area contributed by atoms with Crippen molar-refractivity contribution in [2.75, 3.05) is 33.0 Å². The lowest BCUT2D eigenvalue weighted by atomic mass is 10.2. The minimum absolute atomic E-state index is 0.116. The third-order valence-electron chi connectivity index (χ3n) is 2.14. The van der Waals surface area contributed by atoms with Crippen molar-refractivity contribution in [3.63, 3.8) is 0 Å². The maximum absolute atomic E-state index is 11.5. The summed E-state index contributed by atoms with van der Waals surface area (Å²) in [5, 5.41) is 9.07. The van der Waals surface area contributed by atoms with Gasteiger partial charge in [0.15, 0.2) is 0 Å². The van der Waals surface area contributed by atoms with E-state index in [0.717, 1.165) is 0 Å². The van der Waals surface area contributed by atoms with E-state index in [1.165, 1.54) is 24.3 Å². The first-order valence-electron chi connectivity index (χ1n) is 5.85. The normalized spacial score (nSPS) is 10.3. The first-order valence-corrected chi connectivity index (χ1v) is 5.85. The molecule has 0 spiro atoms. The molecule has 100 valence electrons. The van der Waals surface area contributed by atoms with E-state index in [-0.39, 0.29) is 12.4 Å². The van der Waals surface area contributed by atoms with Gasteiger partial charge in [0, 0.05) is 6.61 Å². The van der Waals surface area contributed by atoms with Gasteiger partial charge < -0.3 is 19.3 Å². The first kappa shape index (κ1) is 14.5. The van der Waals surface area contributed by atoms with Crippen LogP contribution in [0.25, 0.3) is 0 Å². The SMILES string of the molecule is CCOCCOCCOC(=O)c1ccc(O)cc1. The number of benzene rings is 1. The zero-order valence-corrected chi connectivity index (χ0v) is 10.4. The number of hydrogen-bond donors (Lipinski definition) is 1. The summed E-state index contributed by atoms with van der Waals surface area (Å²) in [5.41, 5.74) is 0.405. The van der Waals surface area contributed by atoms with Crippen LogP contribution >= 0.6 is 0 Å². The summed E-state index contributed by atoms with van der Waals surface area (Å²) in [6.07, 6.45) is 0. The van der Waals surface area contributed by atoms with Crippen molar-refractivity contribution in [2.45, 2.75) is 6.92 Å². The number of ether oxygens (including phenoxy) is 3. The van der Waals surface area contributed by atoms with Gasteiger partial charge in [-0.15, -0.1) is 0 Å². The molecule has 18 heavy (non-hydrogen) atoms. The number of phenolic OH excluding ortho intramolecular Hbond substituents is 1. The molecule has 0 saturated heterocycles. The summed E-state index contributed by atoms with van der Waals surface area (Å²) in [6, 6.07) is 5.89. The fraction of sp³-hybridized carbons (Fsp3) is 0.462. The predicted octanol–water partition coefficient (Wildman–Crippen LogP) is 1.60. The summed E-state index contributed by atoms with van der Waals surface area (Å²) in [6.45, 7) is 4.16. The van der Waals surface area contributed by atoms with Crippen molar-refractivity contribution in [3.05, 3.63) is 29.8 Å². The Kier molecular flexibility index (Phi) is 6.83. The van der Waals surface area contributed by atoms with E-state index in [2.05, 4.69) is 0 Å². The molecule has 1 N–H and O–H groups in total. The molecular formula is C13H18O5. The highest BCUT2D eigenvalue weighted by atomic mass is 16.6. The molecule has 5 heteroatoms. The smallest absolute Gasteiger partial charge is 0.338 e. The molecule has 0 aliphatic carbocycles. The molecule has 0 radical (unpaired) electrons. The summed E-state index contributed by atoms with van der Waals surface area (Å²) in [5.74, 6) is -0.311. The Morgan fingerprint density at radius 2 is 1.67 bits per heavy atom. The minimum atomic E-state index is -0.427. The standard InChI is InChI=1S/C13H18O5/c1-2-16-7-8-17-9-10-18-13(15)11-3-5-12(14)6-4-11/h3-6,14H,2,7-10H2,1H3. The van der Waals surface area contributed by atoms with E-state index in [1.54, 1.807) is 0 Å². The molecule has 0 saturated carbocycles. The van der Waals surface area contributed by atoms with Crippen LogP contribution in [0.5, 0.6) is 5.75 Å². The van der Waals surface area contributed by atoms with Crippen molar-refractivity contribution in [2.24, 2.45) is 0 Å². The zero-order valence-electron chi connectivity index (χ0n) is 10.4. The van der Waals surface area contributed by atoms with Gasteiger partial charge in [-0.1, -0.05) is 0 Å². The van der Waals surface area contributed by atoms with E-state index in [4.69, 9.17) is 19.3 Å². The molecule has 1 aromatic carbocycles. The third-order valence-corrected chi connectivity index (χ3v) is 2.14. The minimum Gasteiger partial charge on any atom is -0.508 e. The number of esters is 1. The van der Waals surface area contributed by atoms with Crippen LogP contribution in [0.3, 0.4) is 0 Å². The molecule has 0 bridgehead atoms. The second kappa shape index (κ2) is 8.49. The van der Waals surface area contributed by atoms with Gasteiger partial charge in [0.05, 0.1) is 25.4 Å². The molecule has 0 heterocycles. The maximum Gasteiger partial charge on any atom is 0.338 e. The Bertz CT molecular complexity index is 347. The number of aromatic hydroxyl groups is 1. The van der Waals surface area contributed by atoms with Crippen LogP contribution in [0.1, 0.15) is 17.3 Å². The molecule has 0 fully saturated rings. The van der Waals surface area contributed by atoms with Crippen molar-refractivity contribution < 1.29 is 24.1 Å². The lowest BCUT2D eigenvalue weighted by Crippen LogP contribution is -2.12. The van der Waals surface area contributed by atoms with E-state index in [0.29, 0.717) is 32.0 Å². The zero-order chi connectivity index (χ0) is 13.2. The summed E-state index contributed by atoms with van der Waals surface area (Å²) in [7, 11) is 0. The highest BCUT2D eigenvalue weighted by Gasteiger charge is 2.06. The van der Waals surface area contributed by atoms with Crippen molar-refractivity contribution in [1.29, 1.82) is 0 Å². The lowest BCUT2D eigenvalue weighted by Gasteiger charge is -2.06. The largest absolute Gasteiger partial charge is 0.508 e. The van der Waals surface area contributed by atoms with Crippen LogP contribution in [-0.2, 0) is 14.2 Å². The number of carbonyl (C=O) groups excluding carboxylic acids is 1. The van der Waals surface area contributed by atoms with Gasteiger partial charge in [0.1, 0.15) is 12.4 Å². The number of carbonyl (C=O) groups is 1. The van der Waals surface area contributed by atoms with Crippen LogP contribution in [0.2, 0.25) is 0 Å². The Hall–Kier alpha value is -1.59. The number of phenols is 1. The first-order chi connectivity index (χ1) is 8.74. The highest BCUT2D eigenvalue weighted by Crippen LogP contribution is 2.10. The van der Waals surface area contributed by atoms with E-state index in [1.807, 2.05) is 6.92 Å². The molecule has 0 unspecified atom stereocenters. The summed E-state index contributed by atoms with van der Waals surface area (Å²) >= 11 is 0. The monoisotopic (exact) mass is 254 g/mol. The fourth-order valence-corrected chi connectivity index (χ4v) is 1.24. The lowest BCUT2D eigenvalue weighted by molar-refractivity contribution is 0.0164. The number of rotatable bonds is 8. The van der Waals surface area contributed by atoms with Crippen LogP contribution < -0.4 is 0 Å². The molecular weight excluding hydrogens is 236 g/mol. The fourth-order valence-electron chi connectivity index (χ4n) is 1.24. The van der Waals surface area contributed by atoms with Crippen LogP contribution in [-0.4, -0.2) is 44.1 Å². The van der Waals surface area contributed by atoms with Gasteiger partial charge in [0.25, 0.3) is 0 Å². The van der Waals surface area contributed by atoms with Crippen LogP contribution in [0.15, 0.2) is 24.3 Å².